The van der Waals surface area contributed by atoms with Crippen LogP contribution in [0, 0.1) is 5.92 Å². The Balaban J connectivity index is 2.06. The van der Waals surface area contributed by atoms with E-state index in [4.69, 9.17) is 4.74 Å². The van der Waals surface area contributed by atoms with Crippen LogP contribution in [0.25, 0.3) is 0 Å². The topological polar surface area (TPSA) is 26.3 Å². The molecule has 0 radical (unpaired) electrons. The van der Waals surface area contributed by atoms with E-state index < -0.39 is 0 Å². The van der Waals surface area contributed by atoms with Crippen LogP contribution in [0.1, 0.15) is 25.7 Å². The van der Waals surface area contributed by atoms with Gasteiger partial charge >= 0.3 is 0 Å². The molecule has 1 aromatic carbocycles. The quantitative estimate of drug-likeness (QED) is 0.599. The number of Topliss-reactive ketones (excluding diaryl/α,β-unsaturated/α-hetero) is 1. The summed E-state index contributed by atoms with van der Waals surface area (Å²) < 4.78 is 5.05. The zero-order chi connectivity index (χ0) is 13.5. The lowest BCUT2D eigenvalue weighted by Crippen LogP contribution is -2.23. The predicted octanol–water partition coefficient (Wildman–Crippen LogP) is 4.07. The molecule has 1 saturated carbocycles. The van der Waals surface area contributed by atoms with Crippen LogP contribution in [-0.2, 0) is 9.53 Å². The van der Waals surface area contributed by atoms with E-state index in [1.807, 2.05) is 30.0 Å². The van der Waals surface area contributed by atoms with Crippen molar-refractivity contribution < 1.29 is 9.53 Å². The highest BCUT2D eigenvalue weighted by molar-refractivity contribution is 8.00. The van der Waals surface area contributed by atoms with Crippen molar-refractivity contribution in [3.8, 4) is 0 Å². The van der Waals surface area contributed by atoms with Crippen LogP contribution in [-0.4, -0.2) is 18.1 Å². The van der Waals surface area contributed by atoms with E-state index >= 15 is 0 Å². The third kappa shape index (κ3) is 4.43. The third-order valence-corrected chi connectivity index (χ3v) is 4.76. The van der Waals surface area contributed by atoms with E-state index in [-0.39, 0.29) is 0 Å². The van der Waals surface area contributed by atoms with Crippen LogP contribution < -0.4 is 0 Å². The smallest absolute Gasteiger partial charge is 0.133 e. The number of carbonyl (C=O) groups is 1. The van der Waals surface area contributed by atoms with Crippen LogP contribution >= 0.6 is 11.8 Å². The molecule has 2 nitrogen and oxygen atoms in total. The van der Waals surface area contributed by atoms with Crippen molar-refractivity contribution in [3.63, 3.8) is 0 Å². The van der Waals surface area contributed by atoms with E-state index in [1.165, 1.54) is 4.90 Å². The van der Waals surface area contributed by atoms with Crippen LogP contribution in [0.15, 0.2) is 47.6 Å². The van der Waals surface area contributed by atoms with Crippen LogP contribution in [0.5, 0.6) is 0 Å². The Kier molecular flexibility index (Phi) is 5.52. The van der Waals surface area contributed by atoms with E-state index in [1.54, 1.807) is 13.4 Å². The largest absolute Gasteiger partial charge is 0.505 e. The van der Waals surface area contributed by atoms with E-state index in [0.29, 0.717) is 23.4 Å². The minimum atomic E-state index is 0.312. The molecule has 2 rings (SSSR count). The van der Waals surface area contributed by atoms with Gasteiger partial charge in [-0.25, -0.2) is 0 Å². The van der Waals surface area contributed by atoms with Crippen molar-refractivity contribution in [2.24, 2.45) is 5.92 Å². The predicted molar refractivity (Wildman–Crippen MR) is 79.2 cm³/mol. The molecule has 0 amide bonds. The summed E-state index contributed by atoms with van der Waals surface area (Å²) in [5.41, 5.74) is 0. The Bertz CT molecular complexity index is 428. The summed E-state index contributed by atoms with van der Waals surface area (Å²) >= 11 is 1.82. The molecule has 19 heavy (non-hydrogen) atoms. The van der Waals surface area contributed by atoms with Gasteiger partial charge in [-0.3, -0.25) is 4.79 Å². The van der Waals surface area contributed by atoms with Gasteiger partial charge in [0.05, 0.1) is 13.4 Å². The normalized spacial score (nSPS) is 21.5. The Morgan fingerprint density at radius 3 is 2.84 bits per heavy atom. The lowest BCUT2D eigenvalue weighted by atomic mass is 9.86. The number of thioether (sulfide) groups is 1. The van der Waals surface area contributed by atoms with Gasteiger partial charge in [0.2, 0.25) is 0 Å². The Morgan fingerprint density at radius 2 is 2.16 bits per heavy atom. The SMILES string of the molecule is CO/C=C/C(Sc1ccccc1)C1CCCC(=O)C1. The Hall–Kier alpha value is -1.22. The summed E-state index contributed by atoms with van der Waals surface area (Å²) in [7, 11) is 1.66. The molecule has 0 aliphatic heterocycles. The monoisotopic (exact) mass is 276 g/mol. The summed E-state index contributed by atoms with van der Waals surface area (Å²) in [6.07, 6.45) is 7.44. The Morgan fingerprint density at radius 1 is 1.37 bits per heavy atom. The Labute approximate surface area is 119 Å². The number of carbonyl (C=O) groups excluding carboxylic acids is 1. The van der Waals surface area contributed by atoms with Crippen molar-refractivity contribution in [3.05, 3.63) is 42.7 Å². The number of ether oxygens (including phenoxy) is 1. The van der Waals surface area contributed by atoms with Crippen molar-refractivity contribution in [2.75, 3.05) is 7.11 Å². The maximum absolute atomic E-state index is 11.6. The summed E-state index contributed by atoms with van der Waals surface area (Å²) in [6.45, 7) is 0. The fourth-order valence-electron chi connectivity index (χ4n) is 2.44. The van der Waals surface area contributed by atoms with Crippen molar-refractivity contribution in [1.82, 2.24) is 0 Å². The first-order valence-electron chi connectivity index (χ1n) is 6.72. The van der Waals surface area contributed by atoms with E-state index in [0.717, 1.165) is 19.3 Å². The van der Waals surface area contributed by atoms with Gasteiger partial charge in [0.15, 0.2) is 0 Å². The standard InChI is InChI=1S/C16H20O2S/c1-18-11-10-16(13-6-5-7-14(17)12-13)19-15-8-3-2-4-9-15/h2-4,8-11,13,16H,5-7,12H2,1H3/b11-10+. The highest BCUT2D eigenvalue weighted by atomic mass is 32.2. The van der Waals surface area contributed by atoms with Crippen LogP contribution in [0.2, 0.25) is 0 Å². The molecule has 1 aliphatic carbocycles. The molecule has 0 saturated heterocycles. The van der Waals surface area contributed by atoms with E-state index in [2.05, 4.69) is 18.2 Å². The molecule has 3 heteroatoms. The van der Waals surface area contributed by atoms with Gasteiger partial charge in [0.1, 0.15) is 5.78 Å². The van der Waals surface area contributed by atoms with Crippen molar-refractivity contribution >= 4 is 17.5 Å². The van der Waals surface area contributed by atoms with Gasteiger partial charge < -0.3 is 4.74 Å². The molecule has 2 unspecified atom stereocenters. The maximum Gasteiger partial charge on any atom is 0.133 e. The molecule has 0 spiro atoms. The van der Waals surface area contributed by atoms with Crippen molar-refractivity contribution in [1.29, 1.82) is 0 Å². The minimum absolute atomic E-state index is 0.312. The summed E-state index contributed by atoms with van der Waals surface area (Å²) in [5.74, 6) is 0.832. The third-order valence-electron chi connectivity index (χ3n) is 3.40. The van der Waals surface area contributed by atoms with Gasteiger partial charge in [-0.2, -0.15) is 0 Å². The molecule has 0 bridgehead atoms. The number of ketones is 1. The first-order valence-corrected chi connectivity index (χ1v) is 7.60. The van der Waals surface area contributed by atoms with Crippen molar-refractivity contribution in [2.45, 2.75) is 35.8 Å². The highest BCUT2D eigenvalue weighted by Gasteiger charge is 2.26. The number of rotatable bonds is 5. The molecular weight excluding hydrogens is 256 g/mol. The second-order valence-electron chi connectivity index (χ2n) is 4.85. The molecule has 1 aliphatic rings. The number of hydrogen-bond acceptors (Lipinski definition) is 3. The van der Waals surface area contributed by atoms with Gasteiger partial charge in [-0.1, -0.05) is 18.2 Å². The number of hydrogen-bond donors (Lipinski definition) is 0. The fourth-order valence-corrected chi connectivity index (χ4v) is 3.64. The second kappa shape index (κ2) is 7.39. The summed E-state index contributed by atoms with van der Waals surface area (Å²) in [5, 5.41) is 0.312. The molecule has 1 aromatic rings. The highest BCUT2D eigenvalue weighted by Crippen LogP contribution is 2.35. The second-order valence-corrected chi connectivity index (χ2v) is 6.11. The minimum Gasteiger partial charge on any atom is -0.505 e. The van der Waals surface area contributed by atoms with Gasteiger partial charge in [0.25, 0.3) is 0 Å². The van der Waals surface area contributed by atoms with Gasteiger partial charge in [-0.05, 0) is 37.0 Å². The average molecular weight is 276 g/mol. The average Bonchev–Trinajstić information content (AvgIpc) is 2.44. The summed E-state index contributed by atoms with van der Waals surface area (Å²) in [4.78, 5) is 12.9. The van der Waals surface area contributed by atoms with Gasteiger partial charge in [-0.15, -0.1) is 11.8 Å². The maximum atomic E-state index is 11.6. The number of methoxy groups -OCH3 is 1. The zero-order valence-electron chi connectivity index (χ0n) is 11.2. The zero-order valence-corrected chi connectivity index (χ0v) is 12.1. The van der Waals surface area contributed by atoms with Gasteiger partial charge in [0, 0.05) is 23.0 Å². The molecule has 0 aromatic heterocycles. The van der Waals surface area contributed by atoms with Crippen LogP contribution in [0.3, 0.4) is 0 Å². The molecular formula is C16H20O2S. The first kappa shape index (κ1) is 14.2. The first-order chi connectivity index (χ1) is 9.29. The van der Waals surface area contributed by atoms with E-state index in [9.17, 15) is 4.79 Å². The molecule has 102 valence electrons. The lowest BCUT2D eigenvalue weighted by Gasteiger charge is -2.27. The molecule has 0 heterocycles. The lowest BCUT2D eigenvalue weighted by molar-refractivity contribution is -0.121. The number of benzene rings is 1. The summed E-state index contributed by atoms with van der Waals surface area (Å²) in [6, 6.07) is 10.3. The molecule has 0 N–H and O–H groups in total. The fraction of sp³-hybridized carbons (Fsp3) is 0.438. The molecule has 1 fully saturated rings. The van der Waals surface area contributed by atoms with Crippen LogP contribution in [0.4, 0.5) is 0 Å². The molecule has 2 atom stereocenters.